The van der Waals surface area contributed by atoms with Crippen LogP contribution in [0.2, 0.25) is 0 Å². The number of carbonyl (C=O) groups is 2. The zero-order valence-corrected chi connectivity index (χ0v) is 13.8. The molecule has 0 fully saturated rings. The summed E-state index contributed by atoms with van der Waals surface area (Å²) >= 11 is 1.23. The second kappa shape index (κ2) is 7.50. The van der Waals surface area contributed by atoms with Crippen LogP contribution < -0.4 is 5.32 Å². The molecule has 1 atom stereocenters. The van der Waals surface area contributed by atoms with Crippen LogP contribution in [0.1, 0.15) is 40.5 Å². The number of nitrogens with one attached hydrogen (secondary N) is 1. The lowest BCUT2D eigenvalue weighted by Crippen LogP contribution is -2.27. The van der Waals surface area contributed by atoms with Crippen LogP contribution in [0.15, 0.2) is 29.2 Å². The summed E-state index contributed by atoms with van der Waals surface area (Å²) in [4.78, 5) is 24.1. The quantitative estimate of drug-likeness (QED) is 0.747. The minimum atomic E-state index is -0.949. The fourth-order valence-electron chi connectivity index (χ4n) is 1.80. The Morgan fingerprint density at radius 3 is 2.52 bits per heavy atom. The highest BCUT2D eigenvalue weighted by atomic mass is 32.2. The van der Waals surface area contributed by atoms with Crippen molar-refractivity contribution >= 4 is 29.3 Å². The maximum absolute atomic E-state index is 12.1. The number of anilines is 1. The highest BCUT2D eigenvalue weighted by molar-refractivity contribution is 8.01. The molecule has 2 N–H and O–H groups in total. The number of aliphatic carboxylic acids is 1. The predicted octanol–water partition coefficient (Wildman–Crippen LogP) is 4.02. The zero-order chi connectivity index (χ0) is 16.0. The lowest BCUT2D eigenvalue weighted by atomic mass is 10.1. The van der Waals surface area contributed by atoms with Gasteiger partial charge in [0.25, 0.3) is 0 Å². The first-order chi connectivity index (χ1) is 9.77. The van der Waals surface area contributed by atoms with E-state index in [1.54, 1.807) is 19.9 Å². The van der Waals surface area contributed by atoms with Crippen molar-refractivity contribution in [3.63, 3.8) is 0 Å². The fraction of sp³-hybridized carbons (Fsp3) is 0.500. The Hall–Kier alpha value is -1.49. The molecule has 1 amide bonds. The van der Waals surface area contributed by atoms with Crippen LogP contribution in [0, 0.1) is 5.92 Å². The molecule has 0 saturated carbocycles. The van der Waals surface area contributed by atoms with Gasteiger partial charge in [0, 0.05) is 10.8 Å². The molecular weight excluding hydrogens is 286 g/mol. The van der Waals surface area contributed by atoms with Gasteiger partial charge in [-0.05, 0) is 32.4 Å². The van der Waals surface area contributed by atoms with Crippen LogP contribution in [0.3, 0.4) is 0 Å². The van der Waals surface area contributed by atoms with E-state index < -0.39 is 10.7 Å². The molecule has 0 aliphatic carbocycles. The Bertz CT molecular complexity index is 514. The van der Waals surface area contributed by atoms with E-state index >= 15 is 0 Å². The van der Waals surface area contributed by atoms with Crippen molar-refractivity contribution in [2.45, 2.75) is 50.2 Å². The number of carbonyl (C=O) groups excluding carboxylic acids is 1. The van der Waals surface area contributed by atoms with Crippen molar-refractivity contribution < 1.29 is 14.7 Å². The van der Waals surface area contributed by atoms with Crippen molar-refractivity contribution in [3.8, 4) is 0 Å². The molecule has 116 valence electrons. The first kappa shape index (κ1) is 17.6. The van der Waals surface area contributed by atoms with Crippen LogP contribution >= 0.6 is 11.8 Å². The van der Waals surface area contributed by atoms with E-state index in [1.165, 1.54) is 11.8 Å². The van der Waals surface area contributed by atoms with Crippen LogP contribution in [-0.4, -0.2) is 21.7 Å². The van der Waals surface area contributed by atoms with E-state index in [0.29, 0.717) is 5.69 Å². The van der Waals surface area contributed by atoms with E-state index in [1.807, 2.05) is 32.0 Å². The molecule has 1 aromatic carbocycles. The third-order valence-corrected chi connectivity index (χ3v) is 4.46. The summed E-state index contributed by atoms with van der Waals surface area (Å²) in [6.07, 6.45) is 1.79. The number of hydrogen-bond acceptors (Lipinski definition) is 3. The van der Waals surface area contributed by atoms with Gasteiger partial charge in [0.1, 0.15) is 4.75 Å². The van der Waals surface area contributed by atoms with Crippen LogP contribution in [-0.2, 0) is 9.59 Å². The topological polar surface area (TPSA) is 66.4 Å². The molecular formula is C16H23NO3S. The van der Waals surface area contributed by atoms with Crippen molar-refractivity contribution in [2.24, 2.45) is 5.92 Å². The van der Waals surface area contributed by atoms with Crippen LogP contribution in [0.4, 0.5) is 5.69 Å². The highest BCUT2D eigenvalue weighted by Gasteiger charge is 2.29. The monoisotopic (exact) mass is 309 g/mol. The third kappa shape index (κ3) is 5.08. The van der Waals surface area contributed by atoms with Gasteiger partial charge in [0.2, 0.25) is 5.91 Å². The Balaban J connectivity index is 2.90. The summed E-state index contributed by atoms with van der Waals surface area (Å²) in [5, 5.41) is 12.1. The lowest BCUT2D eigenvalue weighted by Gasteiger charge is -2.21. The highest BCUT2D eigenvalue weighted by Crippen LogP contribution is 2.37. The van der Waals surface area contributed by atoms with E-state index in [2.05, 4.69) is 5.32 Å². The average molecular weight is 309 g/mol. The number of carboxylic acids is 1. The van der Waals surface area contributed by atoms with Crippen molar-refractivity contribution in [1.29, 1.82) is 0 Å². The van der Waals surface area contributed by atoms with Gasteiger partial charge in [-0.25, -0.2) is 0 Å². The summed E-state index contributed by atoms with van der Waals surface area (Å²) in [5.41, 5.74) is 0.671. The predicted molar refractivity (Wildman–Crippen MR) is 86.7 cm³/mol. The summed E-state index contributed by atoms with van der Waals surface area (Å²) in [5.74, 6) is -0.966. The largest absolute Gasteiger partial charge is 0.480 e. The molecule has 0 heterocycles. The third-order valence-electron chi connectivity index (χ3n) is 3.19. The van der Waals surface area contributed by atoms with E-state index in [-0.39, 0.29) is 11.8 Å². The summed E-state index contributed by atoms with van der Waals surface area (Å²) in [7, 11) is 0. The Morgan fingerprint density at radius 2 is 1.95 bits per heavy atom. The Kier molecular flexibility index (Phi) is 6.27. The maximum atomic E-state index is 12.1. The summed E-state index contributed by atoms with van der Waals surface area (Å²) in [6.45, 7) is 7.25. The van der Waals surface area contributed by atoms with E-state index in [4.69, 9.17) is 0 Å². The molecule has 0 aliphatic rings. The molecule has 1 rings (SSSR count). The molecule has 0 spiro atoms. The molecule has 0 aromatic heterocycles. The fourth-order valence-corrected chi connectivity index (χ4v) is 2.81. The van der Waals surface area contributed by atoms with Crippen molar-refractivity contribution in [2.75, 3.05) is 5.32 Å². The minimum absolute atomic E-state index is 0.0296. The van der Waals surface area contributed by atoms with Crippen molar-refractivity contribution in [1.82, 2.24) is 0 Å². The first-order valence-electron chi connectivity index (χ1n) is 7.10. The second-order valence-corrected chi connectivity index (χ2v) is 7.26. The van der Waals surface area contributed by atoms with Gasteiger partial charge < -0.3 is 10.4 Å². The van der Waals surface area contributed by atoms with Crippen LogP contribution in [0.5, 0.6) is 0 Å². The Morgan fingerprint density at radius 1 is 1.33 bits per heavy atom. The number of amides is 1. The van der Waals surface area contributed by atoms with Gasteiger partial charge >= 0.3 is 5.97 Å². The summed E-state index contributed by atoms with van der Waals surface area (Å²) < 4.78 is -0.949. The van der Waals surface area contributed by atoms with Gasteiger partial charge in [-0.15, -0.1) is 11.8 Å². The number of thioether (sulfide) groups is 1. The molecule has 5 heteroatoms. The number of benzene rings is 1. The number of rotatable bonds is 7. The van der Waals surface area contributed by atoms with Gasteiger partial charge in [-0.3, -0.25) is 9.59 Å². The average Bonchev–Trinajstić information content (AvgIpc) is 2.40. The zero-order valence-electron chi connectivity index (χ0n) is 13.0. The summed E-state index contributed by atoms with van der Waals surface area (Å²) in [6, 6.07) is 7.30. The van der Waals surface area contributed by atoms with E-state index in [0.717, 1.165) is 17.7 Å². The first-order valence-corrected chi connectivity index (χ1v) is 7.92. The molecule has 0 unspecified atom stereocenters. The Labute approximate surface area is 130 Å². The maximum Gasteiger partial charge on any atom is 0.319 e. The van der Waals surface area contributed by atoms with Gasteiger partial charge in [0.15, 0.2) is 0 Å². The van der Waals surface area contributed by atoms with Crippen LogP contribution in [0.25, 0.3) is 0 Å². The van der Waals surface area contributed by atoms with Gasteiger partial charge in [-0.2, -0.15) is 0 Å². The molecule has 21 heavy (non-hydrogen) atoms. The van der Waals surface area contributed by atoms with E-state index in [9.17, 15) is 14.7 Å². The van der Waals surface area contributed by atoms with Gasteiger partial charge in [-0.1, -0.05) is 32.4 Å². The molecule has 0 bridgehead atoms. The smallest absolute Gasteiger partial charge is 0.319 e. The number of hydrogen-bond donors (Lipinski definition) is 2. The number of carboxylic acid groups (broad SMARTS) is 1. The lowest BCUT2D eigenvalue weighted by molar-refractivity contribution is -0.138. The minimum Gasteiger partial charge on any atom is -0.480 e. The molecule has 0 aliphatic heterocycles. The van der Waals surface area contributed by atoms with Crippen molar-refractivity contribution in [3.05, 3.63) is 24.3 Å². The molecule has 0 saturated heterocycles. The molecule has 1 aromatic rings. The molecule has 4 nitrogen and oxygen atoms in total. The second-order valence-electron chi connectivity index (χ2n) is 5.59. The number of para-hydroxylation sites is 1. The normalized spacial score (nSPS) is 12.8. The molecule has 0 radical (unpaired) electrons. The standard InChI is InChI=1S/C16H23NO3S/c1-5-8-11(2)14(18)17-12-9-6-7-10-13(12)21-16(3,4)15(19)20/h6-7,9-11H,5,8H2,1-4H3,(H,17,18)(H,19,20)/t11-/m1/s1. The van der Waals surface area contributed by atoms with Gasteiger partial charge in [0.05, 0.1) is 5.69 Å². The SMILES string of the molecule is CCC[C@@H](C)C(=O)Nc1ccccc1SC(C)(C)C(=O)O.